The van der Waals surface area contributed by atoms with E-state index in [9.17, 15) is 9.59 Å². The summed E-state index contributed by atoms with van der Waals surface area (Å²) in [5.74, 6) is 0.628. The average Bonchev–Trinajstić information content (AvgIpc) is 3.10. The van der Waals surface area contributed by atoms with Crippen molar-refractivity contribution in [2.45, 2.75) is 39.8 Å². The Hall–Kier alpha value is -3.87. The normalized spacial score (nSPS) is 12.0. The van der Waals surface area contributed by atoms with Crippen molar-refractivity contribution in [3.63, 3.8) is 0 Å². The summed E-state index contributed by atoms with van der Waals surface area (Å²) in [6, 6.07) is 16.5. The fraction of sp³-hybridized carbons (Fsp3) is 0.269. The van der Waals surface area contributed by atoms with E-state index in [1.54, 1.807) is 13.3 Å². The monoisotopic (exact) mass is 444 g/mol. The van der Waals surface area contributed by atoms with E-state index in [0.717, 1.165) is 28.1 Å². The molecular formula is C26H28N4O3. The van der Waals surface area contributed by atoms with Gasteiger partial charge < -0.3 is 14.6 Å². The van der Waals surface area contributed by atoms with Gasteiger partial charge in [0, 0.05) is 28.9 Å². The summed E-state index contributed by atoms with van der Waals surface area (Å²) in [4.78, 5) is 26.6. The van der Waals surface area contributed by atoms with Gasteiger partial charge in [-0.2, -0.15) is 9.78 Å². The molecule has 0 aliphatic carbocycles. The molecule has 4 aromatic rings. The zero-order chi connectivity index (χ0) is 23.5. The first-order valence-corrected chi connectivity index (χ1v) is 11.0. The van der Waals surface area contributed by atoms with Crippen LogP contribution < -0.4 is 15.6 Å². The number of methoxy groups -OCH3 is 1. The first kappa shape index (κ1) is 22.3. The molecule has 0 saturated carbocycles. The van der Waals surface area contributed by atoms with Crippen LogP contribution in [0, 0.1) is 13.8 Å². The van der Waals surface area contributed by atoms with Crippen LogP contribution in [0.4, 0.5) is 0 Å². The molecule has 0 aliphatic rings. The van der Waals surface area contributed by atoms with E-state index in [1.165, 1.54) is 4.68 Å². The summed E-state index contributed by atoms with van der Waals surface area (Å²) in [5, 5.41) is 8.78. The number of hydrogen-bond donors (Lipinski definition) is 1. The number of ether oxygens (including phenoxy) is 1. The number of carbonyl (C=O) groups is 1. The maximum Gasteiger partial charge on any atom is 0.281 e. The molecule has 1 amide bonds. The number of benzene rings is 2. The zero-order valence-corrected chi connectivity index (χ0v) is 19.3. The number of nitrogens with zero attached hydrogens (tertiary/aromatic N) is 3. The minimum atomic E-state index is -0.448. The lowest BCUT2D eigenvalue weighted by Crippen LogP contribution is -2.33. The summed E-state index contributed by atoms with van der Waals surface area (Å²) >= 11 is 0. The molecule has 0 bridgehead atoms. The van der Waals surface area contributed by atoms with Gasteiger partial charge in [0.1, 0.15) is 11.8 Å². The summed E-state index contributed by atoms with van der Waals surface area (Å²) in [6.07, 6.45) is 2.29. The van der Waals surface area contributed by atoms with Crippen LogP contribution in [0.5, 0.6) is 5.75 Å². The number of rotatable bonds is 7. The molecule has 0 spiro atoms. The molecule has 2 aromatic heterocycles. The second kappa shape index (κ2) is 9.32. The number of carbonyl (C=O) groups excluding carboxylic acids is 1. The molecule has 0 unspecified atom stereocenters. The van der Waals surface area contributed by atoms with Crippen molar-refractivity contribution in [3.8, 4) is 11.4 Å². The van der Waals surface area contributed by atoms with Gasteiger partial charge in [0.2, 0.25) is 5.91 Å². The standard InChI is InChI=1S/C26H28N4O3/c1-5-22(25(31)27-15-19-11-9-10-14-23(19)33-4)29-17(2)21-16-28-30(20-12-7-6-8-13-20)26(32)24(21)18(29)3/h6-14,16,22H,5,15H2,1-4H3,(H,27,31)/t22-/m1/s1. The third-order valence-corrected chi connectivity index (χ3v) is 6.10. The van der Waals surface area contributed by atoms with Gasteiger partial charge in [-0.3, -0.25) is 9.59 Å². The second-order valence-electron chi connectivity index (χ2n) is 7.98. The Kier molecular flexibility index (Phi) is 6.31. The van der Waals surface area contributed by atoms with Gasteiger partial charge in [-0.1, -0.05) is 43.3 Å². The fourth-order valence-corrected chi connectivity index (χ4v) is 4.43. The van der Waals surface area contributed by atoms with Crippen LogP contribution in [-0.2, 0) is 11.3 Å². The van der Waals surface area contributed by atoms with Gasteiger partial charge in [0.25, 0.3) is 5.56 Å². The largest absolute Gasteiger partial charge is 0.496 e. The predicted octanol–water partition coefficient (Wildman–Crippen LogP) is 4.08. The lowest BCUT2D eigenvalue weighted by molar-refractivity contribution is -0.124. The molecule has 4 rings (SSSR count). The van der Waals surface area contributed by atoms with Gasteiger partial charge >= 0.3 is 0 Å². The number of aromatic nitrogens is 3. The Morgan fingerprint density at radius 2 is 1.76 bits per heavy atom. The van der Waals surface area contributed by atoms with Crippen molar-refractivity contribution in [1.82, 2.24) is 19.7 Å². The molecule has 0 fully saturated rings. The minimum Gasteiger partial charge on any atom is -0.496 e. The molecule has 1 atom stereocenters. The van der Waals surface area contributed by atoms with E-state index in [0.29, 0.717) is 24.0 Å². The third-order valence-electron chi connectivity index (χ3n) is 6.10. The van der Waals surface area contributed by atoms with Crippen LogP contribution in [0.15, 0.2) is 65.6 Å². The second-order valence-corrected chi connectivity index (χ2v) is 7.98. The molecule has 7 nitrogen and oxygen atoms in total. The van der Waals surface area contributed by atoms with E-state index in [1.807, 2.05) is 79.9 Å². The molecule has 2 aromatic carbocycles. The van der Waals surface area contributed by atoms with Gasteiger partial charge in [0.15, 0.2) is 0 Å². The Morgan fingerprint density at radius 1 is 1.06 bits per heavy atom. The Balaban J connectivity index is 1.71. The van der Waals surface area contributed by atoms with Crippen LogP contribution in [-0.4, -0.2) is 27.4 Å². The van der Waals surface area contributed by atoms with E-state index in [-0.39, 0.29) is 11.5 Å². The molecule has 170 valence electrons. The highest BCUT2D eigenvalue weighted by Gasteiger charge is 2.25. The third kappa shape index (κ3) is 4.02. The summed E-state index contributed by atoms with van der Waals surface area (Å²) in [6.45, 7) is 6.15. The Morgan fingerprint density at radius 3 is 2.45 bits per heavy atom. The van der Waals surface area contributed by atoms with Crippen LogP contribution in [0.1, 0.15) is 36.3 Å². The van der Waals surface area contributed by atoms with Crippen LogP contribution in [0.25, 0.3) is 16.5 Å². The number of aryl methyl sites for hydroxylation is 2. The minimum absolute atomic E-state index is 0.105. The first-order valence-electron chi connectivity index (χ1n) is 11.0. The first-order chi connectivity index (χ1) is 16.0. The van der Waals surface area contributed by atoms with E-state index in [4.69, 9.17) is 4.74 Å². The maximum absolute atomic E-state index is 13.4. The molecule has 7 heteroatoms. The molecular weight excluding hydrogens is 416 g/mol. The lowest BCUT2D eigenvalue weighted by Gasteiger charge is -2.21. The number of fused-ring (bicyclic) bond motifs is 1. The van der Waals surface area contributed by atoms with Gasteiger partial charge in [0.05, 0.1) is 24.4 Å². The van der Waals surface area contributed by atoms with Crippen LogP contribution in [0.2, 0.25) is 0 Å². The van der Waals surface area contributed by atoms with Crippen molar-refractivity contribution in [2.75, 3.05) is 7.11 Å². The molecule has 0 radical (unpaired) electrons. The van der Waals surface area contributed by atoms with Crippen molar-refractivity contribution in [1.29, 1.82) is 0 Å². The molecule has 33 heavy (non-hydrogen) atoms. The van der Waals surface area contributed by atoms with Crippen molar-refractivity contribution >= 4 is 16.7 Å². The highest BCUT2D eigenvalue weighted by atomic mass is 16.5. The maximum atomic E-state index is 13.4. The quantitative estimate of drug-likeness (QED) is 0.466. The smallest absolute Gasteiger partial charge is 0.281 e. The van der Waals surface area contributed by atoms with Gasteiger partial charge in [-0.15, -0.1) is 0 Å². The summed E-state index contributed by atoms with van der Waals surface area (Å²) < 4.78 is 8.75. The zero-order valence-electron chi connectivity index (χ0n) is 19.3. The fourth-order valence-electron chi connectivity index (χ4n) is 4.43. The van der Waals surface area contributed by atoms with Crippen LogP contribution in [0.3, 0.4) is 0 Å². The van der Waals surface area contributed by atoms with Gasteiger partial charge in [-0.25, -0.2) is 0 Å². The molecule has 2 heterocycles. The summed E-state index contributed by atoms with van der Waals surface area (Å²) in [5.41, 5.74) is 3.04. The van der Waals surface area contributed by atoms with Gasteiger partial charge in [-0.05, 0) is 38.5 Å². The number of hydrogen-bond acceptors (Lipinski definition) is 4. The Labute approximate surface area is 192 Å². The van der Waals surface area contributed by atoms with E-state index in [2.05, 4.69) is 10.4 Å². The molecule has 0 aliphatic heterocycles. The Bertz CT molecular complexity index is 1360. The average molecular weight is 445 g/mol. The lowest BCUT2D eigenvalue weighted by atomic mass is 10.1. The SMILES string of the molecule is CC[C@H](C(=O)NCc1ccccc1OC)n1c(C)c2cnn(-c3ccccc3)c(=O)c2c1C. The summed E-state index contributed by atoms with van der Waals surface area (Å²) in [7, 11) is 1.61. The number of amides is 1. The van der Waals surface area contributed by atoms with Crippen molar-refractivity contribution < 1.29 is 9.53 Å². The van der Waals surface area contributed by atoms with E-state index < -0.39 is 6.04 Å². The highest BCUT2D eigenvalue weighted by molar-refractivity contribution is 5.89. The predicted molar refractivity (Wildman–Crippen MR) is 129 cm³/mol. The van der Waals surface area contributed by atoms with E-state index >= 15 is 0 Å². The number of para-hydroxylation sites is 2. The topological polar surface area (TPSA) is 78.2 Å². The highest BCUT2D eigenvalue weighted by Crippen LogP contribution is 2.28. The van der Waals surface area contributed by atoms with Crippen LogP contribution >= 0.6 is 0 Å². The number of nitrogens with one attached hydrogen (secondary N) is 1. The van der Waals surface area contributed by atoms with Crippen molar-refractivity contribution in [3.05, 3.63) is 88.1 Å². The molecule has 0 saturated heterocycles. The molecule has 1 N–H and O–H groups in total. The van der Waals surface area contributed by atoms with Crippen molar-refractivity contribution in [2.24, 2.45) is 0 Å².